The molecule has 0 fully saturated rings. The van der Waals surface area contributed by atoms with Gasteiger partial charge in [0.1, 0.15) is 19.3 Å². The average molecular weight is 1470 g/mol. The molecule has 0 amide bonds. The zero-order valence-electron chi connectivity index (χ0n) is 65.7. The number of carbonyl (C=O) groups excluding carboxylic acids is 4. The minimum Gasteiger partial charge on any atom is -0.462 e. The summed E-state index contributed by atoms with van der Waals surface area (Å²) in [6.07, 6.45) is 59.5. The standard InChI is InChI=1S/C81H158O17P2/c1-8-9-10-11-12-13-14-27-34-41-48-55-62-78(83)91-68-76(97-80(85)64-57-50-43-36-29-22-16-19-25-32-39-46-53-60-73(4)5)70-95-99(87,88)93-66-75(82)67-94-100(89,90)96-71-77(98-81(86)65-58-51-44-37-30-23-17-20-26-33-40-47-54-61-74(6)7)69-92-79(84)63-56-49-42-35-28-21-15-18-24-31-38-45-52-59-72(2)3/h72-77,82H,8-71H2,1-7H3,(H,87,88)(H,89,90)/t75-,76+,77+/m0/s1. The molecule has 594 valence electrons. The van der Waals surface area contributed by atoms with Crippen LogP contribution in [-0.4, -0.2) is 96.7 Å². The second-order valence-electron chi connectivity index (χ2n) is 30.6. The Balaban J connectivity index is 5.27. The lowest BCUT2D eigenvalue weighted by molar-refractivity contribution is -0.161. The Morgan fingerprint density at radius 3 is 0.680 bits per heavy atom. The lowest BCUT2D eigenvalue weighted by Gasteiger charge is -2.21. The molecule has 0 rings (SSSR count). The molecule has 2 unspecified atom stereocenters. The number of ether oxygens (including phenoxy) is 4. The highest BCUT2D eigenvalue weighted by atomic mass is 31.2. The molecule has 0 aromatic heterocycles. The van der Waals surface area contributed by atoms with Crippen LogP contribution in [0.5, 0.6) is 0 Å². The van der Waals surface area contributed by atoms with Crippen LogP contribution in [0.15, 0.2) is 0 Å². The van der Waals surface area contributed by atoms with Crippen molar-refractivity contribution in [1.82, 2.24) is 0 Å². The topological polar surface area (TPSA) is 237 Å². The molecular formula is C81H158O17P2. The SMILES string of the molecule is CCCCCCCCCCCCCCC(=O)OC[C@H](COP(=O)(O)OC[C@H](O)COP(=O)(O)OC[C@@H](COC(=O)CCCCCCCCCCCCCCCC(C)C)OC(=O)CCCCCCCCCCCCCCCC(C)C)OC(=O)CCCCCCCCCCCCCCCC(C)C. The molecule has 0 radical (unpaired) electrons. The van der Waals surface area contributed by atoms with Gasteiger partial charge in [0.05, 0.1) is 26.4 Å². The van der Waals surface area contributed by atoms with E-state index in [2.05, 4.69) is 48.5 Å². The fourth-order valence-corrected chi connectivity index (χ4v) is 14.1. The van der Waals surface area contributed by atoms with Gasteiger partial charge in [0.15, 0.2) is 12.2 Å². The Labute approximate surface area is 613 Å². The van der Waals surface area contributed by atoms with Crippen molar-refractivity contribution in [3.8, 4) is 0 Å². The first kappa shape index (κ1) is 98.1. The maximum Gasteiger partial charge on any atom is 0.472 e. The molecule has 19 heteroatoms. The van der Waals surface area contributed by atoms with Gasteiger partial charge in [-0.05, 0) is 43.4 Å². The van der Waals surface area contributed by atoms with Gasteiger partial charge in [0.25, 0.3) is 0 Å². The summed E-state index contributed by atoms with van der Waals surface area (Å²) in [5.74, 6) is 0.256. The molecule has 0 aromatic rings. The summed E-state index contributed by atoms with van der Waals surface area (Å²) >= 11 is 0. The Hall–Kier alpha value is -1.94. The quantitative estimate of drug-likeness (QED) is 0.0222. The number of carbonyl (C=O) groups is 4. The highest BCUT2D eigenvalue weighted by molar-refractivity contribution is 7.47. The van der Waals surface area contributed by atoms with E-state index in [9.17, 15) is 43.2 Å². The zero-order valence-corrected chi connectivity index (χ0v) is 67.5. The minimum absolute atomic E-state index is 0.107. The molecule has 0 aliphatic carbocycles. The lowest BCUT2D eigenvalue weighted by atomic mass is 10.0. The van der Waals surface area contributed by atoms with E-state index in [0.29, 0.717) is 25.7 Å². The summed E-state index contributed by atoms with van der Waals surface area (Å²) in [4.78, 5) is 73.1. The van der Waals surface area contributed by atoms with Crippen molar-refractivity contribution in [2.24, 2.45) is 17.8 Å². The summed E-state index contributed by atoms with van der Waals surface area (Å²) in [5, 5.41) is 10.6. The maximum atomic E-state index is 13.1. The van der Waals surface area contributed by atoms with Crippen LogP contribution in [0.4, 0.5) is 0 Å². The van der Waals surface area contributed by atoms with Gasteiger partial charge in [-0.15, -0.1) is 0 Å². The van der Waals surface area contributed by atoms with Gasteiger partial charge in [-0.25, -0.2) is 9.13 Å². The van der Waals surface area contributed by atoms with Crippen LogP contribution in [0.2, 0.25) is 0 Å². The molecular weight excluding hydrogens is 1310 g/mol. The van der Waals surface area contributed by atoms with Crippen LogP contribution in [0.3, 0.4) is 0 Å². The first-order chi connectivity index (χ1) is 48.2. The second-order valence-corrected chi connectivity index (χ2v) is 33.5. The van der Waals surface area contributed by atoms with Crippen molar-refractivity contribution >= 4 is 39.5 Å². The van der Waals surface area contributed by atoms with Crippen molar-refractivity contribution in [3.05, 3.63) is 0 Å². The van der Waals surface area contributed by atoms with Gasteiger partial charge in [0.2, 0.25) is 0 Å². The molecule has 0 aromatic carbocycles. The van der Waals surface area contributed by atoms with Crippen molar-refractivity contribution in [1.29, 1.82) is 0 Å². The summed E-state index contributed by atoms with van der Waals surface area (Å²) in [6, 6.07) is 0. The predicted octanol–water partition coefficient (Wildman–Crippen LogP) is 24.1. The number of phosphoric ester groups is 2. The number of aliphatic hydroxyl groups is 1. The molecule has 0 saturated carbocycles. The molecule has 3 N–H and O–H groups in total. The van der Waals surface area contributed by atoms with Crippen molar-refractivity contribution < 1.29 is 80.2 Å². The van der Waals surface area contributed by atoms with E-state index < -0.39 is 97.5 Å². The van der Waals surface area contributed by atoms with E-state index in [1.165, 1.54) is 231 Å². The van der Waals surface area contributed by atoms with Gasteiger partial charge >= 0.3 is 39.5 Å². The fraction of sp³-hybridized carbons (Fsp3) is 0.951. The third-order valence-electron chi connectivity index (χ3n) is 18.9. The normalized spacial score (nSPS) is 14.0. The number of hydrogen-bond acceptors (Lipinski definition) is 15. The highest BCUT2D eigenvalue weighted by Crippen LogP contribution is 2.45. The second kappa shape index (κ2) is 71.3. The van der Waals surface area contributed by atoms with E-state index >= 15 is 0 Å². The monoisotopic (exact) mass is 1470 g/mol. The van der Waals surface area contributed by atoms with Crippen LogP contribution in [0, 0.1) is 17.8 Å². The lowest BCUT2D eigenvalue weighted by Crippen LogP contribution is -2.30. The van der Waals surface area contributed by atoms with Crippen molar-refractivity contribution in [2.75, 3.05) is 39.6 Å². The van der Waals surface area contributed by atoms with E-state index in [4.69, 9.17) is 37.0 Å². The molecule has 0 aliphatic rings. The van der Waals surface area contributed by atoms with Crippen LogP contribution < -0.4 is 0 Å². The van der Waals surface area contributed by atoms with E-state index in [1.54, 1.807) is 0 Å². The van der Waals surface area contributed by atoms with E-state index in [0.717, 1.165) is 108 Å². The number of esters is 4. The first-order valence-corrected chi connectivity index (χ1v) is 44.8. The number of hydrogen-bond donors (Lipinski definition) is 3. The summed E-state index contributed by atoms with van der Waals surface area (Å²) in [7, 11) is -9.92. The van der Waals surface area contributed by atoms with E-state index in [-0.39, 0.29) is 25.7 Å². The van der Waals surface area contributed by atoms with Crippen molar-refractivity contribution in [3.63, 3.8) is 0 Å². The van der Waals surface area contributed by atoms with Gasteiger partial charge < -0.3 is 33.8 Å². The van der Waals surface area contributed by atoms with Crippen LogP contribution in [-0.2, 0) is 65.4 Å². The largest absolute Gasteiger partial charge is 0.472 e. The van der Waals surface area contributed by atoms with Gasteiger partial charge in [-0.3, -0.25) is 37.3 Å². The Morgan fingerprint density at radius 1 is 0.270 bits per heavy atom. The third-order valence-corrected chi connectivity index (χ3v) is 20.8. The van der Waals surface area contributed by atoms with Gasteiger partial charge in [0, 0.05) is 25.7 Å². The number of unbranched alkanes of at least 4 members (excludes halogenated alkanes) is 47. The Bertz CT molecular complexity index is 1940. The zero-order chi connectivity index (χ0) is 73.7. The van der Waals surface area contributed by atoms with Crippen LogP contribution in [0.25, 0.3) is 0 Å². The minimum atomic E-state index is -4.96. The molecule has 100 heavy (non-hydrogen) atoms. The summed E-state index contributed by atoms with van der Waals surface area (Å²) in [6.45, 7) is 12.0. The summed E-state index contributed by atoms with van der Waals surface area (Å²) < 4.78 is 68.8. The first-order valence-electron chi connectivity index (χ1n) is 41.8. The number of phosphoric acid groups is 2. The number of rotatable bonds is 79. The average Bonchev–Trinajstić information content (AvgIpc) is 0.943. The Kier molecular flexibility index (Phi) is 69.9. The van der Waals surface area contributed by atoms with Crippen molar-refractivity contribution in [2.45, 2.75) is 439 Å². The van der Waals surface area contributed by atoms with Crippen LogP contribution in [0.1, 0.15) is 421 Å². The predicted molar refractivity (Wildman–Crippen MR) is 409 cm³/mol. The smallest absolute Gasteiger partial charge is 0.462 e. The number of aliphatic hydroxyl groups excluding tert-OH is 1. The molecule has 0 bridgehead atoms. The molecule has 0 aliphatic heterocycles. The van der Waals surface area contributed by atoms with Gasteiger partial charge in [-0.2, -0.15) is 0 Å². The molecule has 0 spiro atoms. The highest BCUT2D eigenvalue weighted by Gasteiger charge is 2.30. The third kappa shape index (κ3) is 74.3. The van der Waals surface area contributed by atoms with Crippen LogP contribution >= 0.6 is 15.6 Å². The van der Waals surface area contributed by atoms with E-state index in [1.807, 2.05) is 0 Å². The molecule has 5 atom stereocenters. The molecule has 0 heterocycles. The summed E-state index contributed by atoms with van der Waals surface area (Å²) in [5.41, 5.74) is 0. The van der Waals surface area contributed by atoms with Gasteiger partial charge in [-0.1, -0.05) is 370 Å². The molecule has 17 nitrogen and oxygen atoms in total. The Morgan fingerprint density at radius 2 is 0.460 bits per heavy atom. The maximum absolute atomic E-state index is 13.1. The fourth-order valence-electron chi connectivity index (χ4n) is 12.5. The molecule has 0 saturated heterocycles.